The van der Waals surface area contributed by atoms with Gasteiger partial charge in [-0.3, -0.25) is 4.79 Å². The van der Waals surface area contributed by atoms with Crippen molar-refractivity contribution in [1.29, 1.82) is 0 Å². The minimum Gasteiger partial charge on any atom is -0.359 e. The predicted molar refractivity (Wildman–Crippen MR) is 61.6 cm³/mol. The maximum atomic E-state index is 10.9. The number of benzene rings is 1. The van der Waals surface area contributed by atoms with Gasteiger partial charge in [-0.2, -0.15) is 0 Å². The highest BCUT2D eigenvalue weighted by Gasteiger charge is 1.97. The Bertz CT molecular complexity index is 323. The SMILES string of the molecule is CNC(=O)CCNCc1cccc(C)c1. The Labute approximate surface area is 90.9 Å². The highest BCUT2D eigenvalue weighted by molar-refractivity contribution is 5.75. The van der Waals surface area contributed by atoms with E-state index >= 15 is 0 Å². The Morgan fingerprint density at radius 1 is 1.40 bits per heavy atom. The molecule has 0 fully saturated rings. The molecule has 1 aromatic carbocycles. The molecule has 0 aliphatic heterocycles. The molecule has 82 valence electrons. The van der Waals surface area contributed by atoms with Gasteiger partial charge in [0, 0.05) is 26.6 Å². The smallest absolute Gasteiger partial charge is 0.221 e. The van der Waals surface area contributed by atoms with Crippen molar-refractivity contribution in [3.05, 3.63) is 35.4 Å². The summed E-state index contributed by atoms with van der Waals surface area (Å²) in [5, 5.41) is 5.83. The van der Waals surface area contributed by atoms with Crippen LogP contribution in [0.1, 0.15) is 17.5 Å². The van der Waals surface area contributed by atoms with Crippen molar-refractivity contribution in [1.82, 2.24) is 10.6 Å². The maximum absolute atomic E-state index is 10.9. The molecule has 0 spiro atoms. The van der Waals surface area contributed by atoms with Gasteiger partial charge in [-0.1, -0.05) is 29.8 Å². The van der Waals surface area contributed by atoms with Crippen LogP contribution in [0, 0.1) is 6.92 Å². The molecular formula is C12H18N2O. The Morgan fingerprint density at radius 3 is 2.87 bits per heavy atom. The molecule has 0 aromatic heterocycles. The van der Waals surface area contributed by atoms with Crippen LogP contribution in [-0.2, 0) is 11.3 Å². The molecular weight excluding hydrogens is 188 g/mol. The van der Waals surface area contributed by atoms with Gasteiger partial charge in [0.25, 0.3) is 0 Å². The summed E-state index contributed by atoms with van der Waals surface area (Å²) in [7, 11) is 1.66. The molecule has 1 rings (SSSR count). The van der Waals surface area contributed by atoms with Crippen molar-refractivity contribution in [3.63, 3.8) is 0 Å². The number of carbonyl (C=O) groups is 1. The molecule has 0 bridgehead atoms. The Kier molecular flexibility index (Phi) is 4.84. The lowest BCUT2D eigenvalue weighted by Gasteiger charge is -2.05. The Hall–Kier alpha value is -1.35. The van der Waals surface area contributed by atoms with E-state index in [1.165, 1.54) is 11.1 Å². The molecule has 0 aliphatic rings. The quantitative estimate of drug-likeness (QED) is 0.711. The third kappa shape index (κ3) is 4.61. The fraction of sp³-hybridized carbons (Fsp3) is 0.417. The van der Waals surface area contributed by atoms with Gasteiger partial charge in [0.1, 0.15) is 0 Å². The van der Waals surface area contributed by atoms with E-state index in [9.17, 15) is 4.79 Å². The summed E-state index contributed by atoms with van der Waals surface area (Å²) in [6.45, 7) is 3.61. The summed E-state index contributed by atoms with van der Waals surface area (Å²) >= 11 is 0. The zero-order chi connectivity index (χ0) is 11.1. The second-order valence-electron chi connectivity index (χ2n) is 3.59. The van der Waals surface area contributed by atoms with Crippen molar-refractivity contribution in [2.75, 3.05) is 13.6 Å². The lowest BCUT2D eigenvalue weighted by molar-refractivity contribution is -0.120. The molecule has 15 heavy (non-hydrogen) atoms. The monoisotopic (exact) mass is 206 g/mol. The van der Waals surface area contributed by atoms with Gasteiger partial charge in [-0.05, 0) is 12.5 Å². The highest BCUT2D eigenvalue weighted by atomic mass is 16.1. The fourth-order valence-corrected chi connectivity index (χ4v) is 1.38. The van der Waals surface area contributed by atoms with Crippen LogP contribution in [0.3, 0.4) is 0 Å². The second-order valence-corrected chi connectivity index (χ2v) is 3.59. The van der Waals surface area contributed by atoms with E-state index in [4.69, 9.17) is 0 Å². The van der Waals surface area contributed by atoms with Crippen LogP contribution in [0.4, 0.5) is 0 Å². The first-order chi connectivity index (χ1) is 7.22. The van der Waals surface area contributed by atoms with Crippen LogP contribution < -0.4 is 10.6 Å². The van der Waals surface area contributed by atoms with E-state index < -0.39 is 0 Å². The number of aryl methyl sites for hydroxylation is 1. The number of nitrogens with one attached hydrogen (secondary N) is 2. The van der Waals surface area contributed by atoms with E-state index in [2.05, 4.69) is 35.8 Å². The number of carbonyl (C=O) groups excluding carboxylic acids is 1. The van der Waals surface area contributed by atoms with E-state index in [0.29, 0.717) is 13.0 Å². The molecule has 3 heteroatoms. The zero-order valence-electron chi connectivity index (χ0n) is 9.34. The third-order valence-corrected chi connectivity index (χ3v) is 2.22. The van der Waals surface area contributed by atoms with Crippen LogP contribution in [-0.4, -0.2) is 19.5 Å². The van der Waals surface area contributed by atoms with Crippen molar-refractivity contribution < 1.29 is 4.79 Å². The van der Waals surface area contributed by atoms with Gasteiger partial charge in [0.15, 0.2) is 0 Å². The van der Waals surface area contributed by atoms with Gasteiger partial charge in [0.05, 0.1) is 0 Å². The van der Waals surface area contributed by atoms with E-state index in [0.717, 1.165) is 6.54 Å². The summed E-state index contributed by atoms with van der Waals surface area (Å²) in [4.78, 5) is 10.9. The zero-order valence-corrected chi connectivity index (χ0v) is 9.34. The normalized spacial score (nSPS) is 10.0. The molecule has 1 amide bonds. The number of rotatable bonds is 5. The van der Waals surface area contributed by atoms with Crippen molar-refractivity contribution in [2.45, 2.75) is 19.9 Å². The maximum Gasteiger partial charge on any atom is 0.221 e. The van der Waals surface area contributed by atoms with Crippen LogP contribution in [0.5, 0.6) is 0 Å². The summed E-state index contributed by atoms with van der Waals surface area (Å²) in [6.07, 6.45) is 0.530. The molecule has 0 saturated heterocycles. The van der Waals surface area contributed by atoms with Crippen LogP contribution in [0.15, 0.2) is 24.3 Å². The average Bonchev–Trinajstić information content (AvgIpc) is 2.24. The molecule has 2 N–H and O–H groups in total. The summed E-state index contributed by atoms with van der Waals surface area (Å²) in [5.74, 6) is 0.0757. The lowest BCUT2D eigenvalue weighted by Crippen LogP contribution is -2.24. The Morgan fingerprint density at radius 2 is 2.20 bits per heavy atom. The van der Waals surface area contributed by atoms with Gasteiger partial charge >= 0.3 is 0 Å². The largest absolute Gasteiger partial charge is 0.359 e. The molecule has 0 heterocycles. The topological polar surface area (TPSA) is 41.1 Å². The fourth-order valence-electron chi connectivity index (χ4n) is 1.38. The van der Waals surface area contributed by atoms with E-state index in [1.54, 1.807) is 7.05 Å². The number of amides is 1. The first-order valence-electron chi connectivity index (χ1n) is 5.19. The van der Waals surface area contributed by atoms with Gasteiger partial charge in [-0.15, -0.1) is 0 Å². The van der Waals surface area contributed by atoms with E-state index in [1.807, 2.05) is 6.07 Å². The molecule has 0 aliphatic carbocycles. The molecule has 0 atom stereocenters. The first kappa shape index (κ1) is 11.7. The lowest BCUT2D eigenvalue weighted by atomic mass is 10.1. The standard InChI is InChI=1S/C12H18N2O/c1-10-4-3-5-11(8-10)9-14-7-6-12(15)13-2/h3-5,8,14H,6-7,9H2,1-2H3,(H,13,15). The van der Waals surface area contributed by atoms with Crippen LogP contribution in [0.2, 0.25) is 0 Å². The summed E-state index contributed by atoms with van der Waals surface area (Å²) in [6, 6.07) is 8.35. The Balaban J connectivity index is 2.23. The summed E-state index contributed by atoms with van der Waals surface area (Å²) in [5.41, 5.74) is 2.52. The predicted octanol–water partition coefficient (Wildman–Crippen LogP) is 1.22. The molecule has 0 unspecified atom stereocenters. The van der Waals surface area contributed by atoms with Crippen LogP contribution in [0.25, 0.3) is 0 Å². The van der Waals surface area contributed by atoms with Crippen molar-refractivity contribution >= 4 is 5.91 Å². The number of hydrogen-bond donors (Lipinski definition) is 2. The molecule has 0 radical (unpaired) electrons. The minimum absolute atomic E-state index is 0.0757. The van der Waals surface area contributed by atoms with Gasteiger partial charge in [-0.25, -0.2) is 0 Å². The van der Waals surface area contributed by atoms with Crippen molar-refractivity contribution in [2.24, 2.45) is 0 Å². The highest BCUT2D eigenvalue weighted by Crippen LogP contribution is 2.02. The first-order valence-corrected chi connectivity index (χ1v) is 5.19. The summed E-state index contributed by atoms with van der Waals surface area (Å²) < 4.78 is 0. The third-order valence-electron chi connectivity index (χ3n) is 2.22. The molecule has 0 saturated carbocycles. The van der Waals surface area contributed by atoms with E-state index in [-0.39, 0.29) is 5.91 Å². The van der Waals surface area contributed by atoms with Crippen LogP contribution >= 0.6 is 0 Å². The minimum atomic E-state index is 0.0757. The molecule has 3 nitrogen and oxygen atoms in total. The van der Waals surface area contributed by atoms with Gasteiger partial charge < -0.3 is 10.6 Å². The molecule has 1 aromatic rings. The number of hydrogen-bond acceptors (Lipinski definition) is 2. The second kappa shape index (κ2) is 6.19. The van der Waals surface area contributed by atoms with Gasteiger partial charge in [0.2, 0.25) is 5.91 Å². The average molecular weight is 206 g/mol. The van der Waals surface area contributed by atoms with Crippen molar-refractivity contribution in [3.8, 4) is 0 Å².